The van der Waals surface area contributed by atoms with E-state index in [1.54, 1.807) is 6.07 Å². The van der Waals surface area contributed by atoms with Gasteiger partial charge < -0.3 is 5.43 Å². The predicted molar refractivity (Wildman–Crippen MR) is 77.2 cm³/mol. The van der Waals surface area contributed by atoms with Crippen molar-refractivity contribution in [2.75, 3.05) is 0 Å². The minimum absolute atomic E-state index is 0.333. The topological polar surface area (TPSA) is 50.4 Å². The van der Waals surface area contributed by atoms with E-state index in [-0.39, 0.29) is 0 Å². The van der Waals surface area contributed by atoms with Gasteiger partial charge in [0.15, 0.2) is 0 Å². The monoisotopic (exact) mass is 285 g/mol. The number of hydrogen-bond donors (Lipinski definition) is 2. The van der Waals surface area contributed by atoms with Gasteiger partial charge in [0.2, 0.25) is 0 Å². The van der Waals surface area contributed by atoms with Crippen LogP contribution in [0.15, 0.2) is 23.2 Å². The summed E-state index contributed by atoms with van der Waals surface area (Å²) >= 11 is 12.2. The van der Waals surface area contributed by atoms with Gasteiger partial charge >= 0.3 is 0 Å². The van der Waals surface area contributed by atoms with Crippen LogP contribution >= 0.6 is 23.2 Å². The van der Waals surface area contributed by atoms with Crippen LogP contribution in [0, 0.1) is 0 Å². The molecule has 18 heavy (non-hydrogen) atoms. The average molecular weight is 286 g/mol. The molecule has 1 fully saturated rings. The van der Waals surface area contributed by atoms with Crippen LogP contribution in [0.25, 0.3) is 0 Å². The normalized spacial score (nSPS) is 17.8. The lowest BCUT2D eigenvalue weighted by Gasteiger charge is -2.19. The highest BCUT2D eigenvalue weighted by Gasteiger charge is 2.15. The van der Waals surface area contributed by atoms with Gasteiger partial charge in [-0.25, -0.2) is 5.84 Å². The molecule has 1 aromatic rings. The van der Waals surface area contributed by atoms with Gasteiger partial charge in [0.05, 0.1) is 16.1 Å². The number of hydrazine groups is 1. The van der Waals surface area contributed by atoms with Crippen LogP contribution in [0.2, 0.25) is 10.0 Å². The number of nitrogens with two attached hydrogens (primary N) is 1. The summed E-state index contributed by atoms with van der Waals surface area (Å²) in [5, 5.41) is 1.01. The number of benzene rings is 1. The predicted octanol–water partition coefficient (Wildman–Crippen LogP) is 3.54. The van der Waals surface area contributed by atoms with Gasteiger partial charge in [-0.3, -0.25) is 4.99 Å². The van der Waals surface area contributed by atoms with Crippen molar-refractivity contribution in [1.29, 1.82) is 0 Å². The Bertz CT molecular complexity index is 440. The molecule has 0 radical (unpaired) electrons. The van der Waals surface area contributed by atoms with E-state index in [9.17, 15) is 0 Å². The Morgan fingerprint density at radius 3 is 2.61 bits per heavy atom. The quantitative estimate of drug-likeness (QED) is 0.378. The summed E-state index contributed by atoms with van der Waals surface area (Å²) in [6.07, 6.45) is 5.99. The van der Waals surface area contributed by atoms with Gasteiger partial charge in [0.1, 0.15) is 5.84 Å². The van der Waals surface area contributed by atoms with Crippen LogP contribution < -0.4 is 11.3 Å². The lowest BCUT2D eigenvalue weighted by atomic mass is 9.96. The molecular weight excluding hydrogens is 269 g/mol. The summed E-state index contributed by atoms with van der Waals surface area (Å²) in [5.41, 5.74) is 3.40. The number of rotatable bonds is 2. The van der Waals surface area contributed by atoms with E-state index in [4.69, 9.17) is 29.0 Å². The van der Waals surface area contributed by atoms with E-state index in [1.807, 2.05) is 12.1 Å². The minimum Gasteiger partial charge on any atom is -0.308 e. The number of nitrogens with one attached hydrogen (secondary N) is 1. The van der Waals surface area contributed by atoms with Crippen LogP contribution in [-0.2, 0) is 0 Å². The lowest BCUT2D eigenvalue weighted by Crippen LogP contribution is -2.33. The first-order valence-electron chi connectivity index (χ1n) is 6.21. The molecular formula is C13H17Cl2N3. The fourth-order valence-electron chi connectivity index (χ4n) is 2.26. The molecule has 1 aromatic carbocycles. The van der Waals surface area contributed by atoms with Crippen LogP contribution in [0.5, 0.6) is 0 Å². The lowest BCUT2D eigenvalue weighted by molar-refractivity contribution is 0.442. The standard InChI is InChI=1S/C13H17Cl2N3/c14-11-8-4-7-10(12(11)15)13(18-16)17-9-5-2-1-3-6-9/h4,7-9H,1-3,5-6,16H2,(H,17,18). The Labute approximate surface area is 117 Å². The first kappa shape index (κ1) is 13.7. The van der Waals surface area contributed by atoms with Crippen molar-refractivity contribution in [2.24, 2.45) is 10.8 Å². The second-order valence-electron chi connectivity index (χ2n) is 4.52. The Kier molecular flexibility index (Phi) is 4.87. The van der Waals surface area contributed by atoms with Crippen LogP contribution in [0.3, 0.4) is 0 Å². The summed E-state index contributed by atoms with van der Waals surface area (Å²) in [4.78, 5) is 4.66. The van der Waals surface area contributed by atoms with Crippen molar-refractivity contribution in [3.8, 4) is 0 Å². The van der Waals surface area contributed by atoms with E-state index < -0.39 is 0 Å². The third-order valence-electron chi connectivity index (χ3n) is 3.23. The summed E-state index contributed by atoms with van der Waals surface area (Å²) in [5.74, 6) is 6.18. The zero-order valence-corrected chi connectivity index (χ0v) is 11.6. The second kappa shape index (κ2) is 6.41. The van der Waals surface area contributed by atoms with Crippen LogP contribution in [-0.4, -0.2) is 11.9 Å². The SMILES string of the molecule is NNC(=NC1CCCCC1)c1cccc(Cl)c1Cl. The molecule has 0 saturated heterocycles. The molecule has 0 amide bonds. The molecule has 98 valence electrons. The molecule has 2 rings (SSSR count). The second-order valence-corrected chi connectivity index (χ2v) is 5.30. The molecule has 3 nitrogen and oxygen atoms in total. The Hall–Kier alpha value is -0.770. The molecule has 3 N–H and O–H groups in total. The van der Waals surface area contributed by atoms with Gasteiger partial charge in [0.25, 0.3) is 0 Å². The number of hydrogen-bond acceptors (Lipinski definition) is 2. The highest BCUT2D eigenvalue weighted by atomic mass is 35.5. The molecule has 0 bridgehead atoms. The molecule has 0 unspecified atom stereocenters. The maximum Gasteiger partial charge on any atom is 0.144 e. The fourth-order valence-corrected chi connectivity index (χ4v) is 2.65. The number of nitrogens with zero attached hydrogens (tertiary/aromatic N) is 1. The van der Waals surface area contributed by atoms with Crippen molar-refractivity contribution in [1.82, 2.24) is 5.43 Å². The van der Waals surface area contributed by atoms with E-state index in [0.717, 1.165) is 18.4 Å². The summed E-state index contributed by atoms with van der Waals surface area (Å²) < 4.78 is 0. The van der Waals surface area contributed by atoms with Gasteiger partial charge in [-0.2, -0.15) is 0 Å². The van der Waals surface area contributed by atoms with Gasteiger partial charge in [-0.05, 0) is 25.0 Å². The Balaban J connectivity index is 2.26. The summed E-state index contributed by atoms with van der Waals surface area (Å²) in [7, 11) is 0. The molecule has 1 saturated carbocycles. The zero-order chi connectivity index (χ0) is 13.0. The highest BCUT2D eigenvalue weighted by molar-refractivity contribution is 6.44. The van der Waals surface area contributed by atoms with Crippen LogP contribution in [0.4, 0.5) is 0 Å². The minimum atomic E-state index is 0.333. The smallest absolute Gasteiger partial charge is 0.144 e. The van der Waals surface area contributed by atoms with Crippen molar-refractivity contribution in [3.05, 3.63) is 33.8 Å². The van der Waals surface area contributed by atoms with Gasteiger partial charge in [-0.15, -0.1) is 0 Å². The van der Waals surface area contributed by atoms with Crippen molar-refractivity contribution >= 4 is 29.0 Å². The van der Waals surface area contributed by atoms with Crippen molar-refractivity contribution in [3.63, 3.8) is 0 Å². The Morgan fingerprint density at radius 1 is 1.22 bits per heavy atom. The van der Waals surface area contributed by atoms with Gasteiger partial charge in [0, 0.05) is 5.56 Å². The van der Waals surface area contributed by atoms with Crippen molar-refractivity contribution in [2.45, 2.75) is 38.1 Å². The molecule has 5 heteroatoms. The molecule has 1 aliphatic rings. The maximum atomic E-state index is 6.18. The largest absolute Gasteiger partial charge is 0.308 e. The van der Waals surface area contributed by atoms with E-state index >= 15 is 0 Å². The van der Waals surface area contributed by atoms with E-state index in [2.05, 4.69) is 10.4 Å². The fraction of sp³-hybridized carbons (Fsp3) is 0.462. The maximum absolute atomic E-state index is 6.18. The summed E-state index contributed by atoms with van der Waals surface area (Å²) in [6, 6.07) is 5.80. The van der Waals surface area contributed by atoms with E-state index in [1.165, 1.54) is 19.3 Å². The summed E-state index contributed by atoms with van der Waals surface area (Å²) in [6.45, 7) is 0. The van der Waals surface area contributed by atoms with Gasteiger partial charge in [-0.1, -0.05) is 48.5 Å². The first-order valence-corrected chi connectivity index (χ1v) is 6.96. The average Bonchev–Trinajstić information content (AvgIpc) is 2.41. The molecule has 0 spiro atoms. The molecule has 1 aliphatic carbocycles. The van der Waals surface area contributed by atoms with Crippen molar-refractivity contribution < 1.29 is 0 Å². The zero-order valence-electron chi connectivity index (χ0n) is 10.1. The molecule has 0 aromatic heterocycles. The van der Waals surface area contributed by atoms with Crippen LogP contribution in [0.1, 0.15) is 37.7 Å². The number of aliphatic imine (C=N–C) groups is 1. The highest BCUT2D eigenvalue weighted by Crippen LogP contribution is 2.27. The first-order chi connectivity index (χ1) is 8.72. The molecule has 0 atom stereocenters. The van der Waals surface area contributed by atoms with E-state index in [0.29, 0.717) is 21.9 Å². The molecule has 0 aliphatic heterocycles. The molecule has 0 heterocycles. The number of amidine groups is 1. The number of halogens is 2. The third-order valence-corrected chi connectivity index (χ3v) is 4.05. The Morgan fingerprint density at radius 2 is 1.94 bits per heavy atom. The third kappa shape index (κ3) is 3.16.